The zero-order valence-electron chi connectivity index (χ0n) is 13.2. The van der Waals surface area contributed by atoms with Gasteiger partial charge in [-0.2, -0.15) is 4.98 Å². The molecule has 0 aliphatic carbocycles. The van der Waals surface area contributed by atoms with E-state index in [2.05, 4.69) is 20.6 Å². The summed E-state index contributed by atoms with van der Waals surface area (Å²) < 4.78 is 5.43. The normalized spacial score (nSPS) is 10.2. The van der Waals surface area contributed by atoms with Crippen LogP contribution in [-0.2, 0) is 0 Å². The van der Waals surface area contributed by atoms with Crippen LogP contribution in [0.25, 0.3) is 0 Å². The van der Waals surface area contributed by atoms with Crippen LogP contribution in [0, 0.1) is 0 Å². The van der Waals surface area contributed by atoms with E-state index in [1.54, 1.807) is 12.3 Å². The van der Waals surface area contributed by atoms with Crippen LogP contribution in [0.1, 0.15) is 6.92 Å². The summed E-state index contributed by atoms with van der Waals surface area (Å²) in [7, 11) is 0. The molecule has 0 aliphatic heterocycles. The summed E-state index contributed by atoms with van der Waals surface area (Å²) in [6.07, 6.45) is 1.69. The Balaban J connectivity index is 1.70. The van der Waals surface area contributed by atoms with Gasteiger partial charge in [-0.1, -0.05) is 17.7 Å². The minimum Gasteiger partial charge on any atom is -0.494 e. The summed E-state index contributed by atoms with van der Waals surface area (Å²) in [6, 6.07) is 16.9. The lowest BCUT2D eigenvalue weighted by atomic mass is 10.3. The second-order valence-electron chi connectivity index (χ2n) is 4.98. The van der Waals surface area contributed by atoms with Gasteiger partial charge in [0.05, 0.1) is 6.61 Å². The Morgan fingerprint density at radius 3 is 2.58 bits per heavy atom. The number of hydrogen-bond donors (Lipinski definition) is 2. The topological polar surface area (TPSA) is 59.1 Å². The Labute approximate surface area is 145 Å². The minimum atomic E-state index is 0.494. The van der Waals surface area contributed by atoms with E-state index in [0.717, 1.165) is 17.1 Å². The molecule has 0 aliphatic rings. The van der Waals surface area contributed by atoms with Crippen LogP contribution in [0.3, 0.4) is 0 Å². The molecule has 0 unspecified atom stereocenters. The van der Waals surface area contributed by atoms with E-state index in [1.807, 2.05) is 55.5 Å². The maximum Gasteiger partial charge on any atom is 0.229 e. The first-order chi connectivity index (χ1) is 11.7. The third kappa shape index (κ3) is 4.36. The molecule has 0 amide bonds. The fraction of sp³-hybridized carbons (Fsp3) is 0.111. The fourth-order valence-corrected chi connectivity index (χ4v) is 2.32. The summed E-state index contributed by atoms with van der Waals surface area (Å²) in [5, 5.41) is 7.02. The van der Waals surface area contributed by atoms with Crippen molar-refractivity contribution in [3.05, 3.63) is 65.8 Å². The first-order valence-corrected chi connectivity index (χ1v) is 7.96. The van der Waals surface area contributed by atoms with E-state index in [-0.39, 0.29) is 0 Å². The molecule has 0 atom stereocenters. The molecule has 0 radical (unpaired) electrons. The van der Waals surface area contributed by atoms with Gasteiger partial charge in [-0.05, 0) is 55.5 Å². The third-order valence-corrected chi connectivity index (χ3v) is 3.41. The molecule has 1 heterocycles. The number of nitrogens with zero attached hydrogens (tertiary/aromatic N) is 2. The largest absolute Gasteiger partial charge is 0.494 e. The average Bonchev–Trinajstić information content (AvgIpc) is 2.57. The zero-order valence-corrected chi connectivity index (χ0v) is 13.9. The highest BCUT2D eigenvalue weighted by atomic mass is 35.5. The van der Waals surface area contributed by atoms with Gasteiger partial charge in [0.15, 0.2) is 0 Å². The van der Waals surface area contributed by atoms with Crippen LogP contribution in [0.2, 0.25) is 5.02 Å². The van der Waals surface area contributed by atoms with E-state index in [0.29, 0.717) is 23.4 Å². The van der Waals surface area contributed by atoms with Crippen LogP contribution in [0.4, 0.5) is 23.1 Å². The van der Waals surface area contributed by atoms with Crippen LogP contribution < -0.4 is 15.4 Å². The summed E-state index contributed by atoms with van der Waals surface area (Å²) in [4.78, 5) is 8.66. The predicted octanol–water partition coefficient (Wildman–Crippen LogP) is 5.02. The van der Waals surface area contributed by atoms with Crippen LogP contribution >= 0.6 is 11.6 Å². The number of hydrogen-bond acceptors (Lipinski definition) is 5. The highest BCUT2D eigenvalue weighted by Crippen LogP contribution is 2.21. The van der Waals surface area contributed by atoms with E-state index >= 15 is 0 Å². The first kappa shape index (κ1) is 16.1. The van der Waals surface area contributed by atoms with Crippen molar-refractivity contribution < 1.29 is 4.74 Å². The summed E-state index contributed by atoms with van der Waals surface area (Å²) in [6.45, 7) is 2.61. The Morgan fingerprint density at radius 2 is 1.83 bits per heavy atom. The molecule has 5 nitrogen and oxygen atoms in total. The van der Waals surface area contributed by atoms with E-state index in [1.165, 1.54) is 0 Å². The Bertz CT molecular complexity index is 808. The number of anilines is 4. The molecule has 122 valence electrons. The van der Waals surface area contributed by atoms with Gasteiger partial charge < -0.3 is 15.4 Å². The minimum absolute atomic E-state index is 0.494. The van der Waals surface area contributed by atoms with Gasteiger partial charge in [0.1, 0.15) is 11.6 Å². The molecule has 3 rings (SSSR count). The molecule has 0 saturated heterocycles. The molecule has 1 aromatic heterocycles. The summed E-state index contributed by atoms with van der Waals surface area (Å²) in [5.41, 5.74) is 1.76. The van der Waals surface area contributed by atoms with Crippen molar-refractivity contribution in [3.8, 4) is 5.75 Å². The summed E-state index contributed by atoms with van der Waals surface area (Å²) >= 11 is 5.98. The lowest BCUT2D eigenvalue weighted by molar-refractivity contribution is 0.340. The molecule has 0 spiro atoms. The lowest BCUT2D eigenvalue weighted by Crippen LogP contribution is -2.00. The maximum absolute atomic E-state index is 5.98. The van der Waals surface area contributed by atoms with Crippen molar-refractivity contribution in [2.75, 3.05) is 17.2 Å². The van der Waals surface area contributed by atoms with Crippen molar-refractivity contribution in [1.82, 2.24) is 9.97 Å². The van der Waals surface area contributed by atoms with Crippen molar-refractivity contribution in [1.29, 1.82) is 0 Å². The van der Waals surface area contributed by atoms with Gasteiger partial charge in [-0.25, -0.2) is 4.98 Å². The van der Waals surface area contributed by atoms with Crippen LogP contribution in [0.5, 0.6) is 5.75 Å². The SMILES string of the molecule is CCOc1ccc(Nc2ccnc(Nc3cccc(Cl)c3)n2)cc1. The van der Waals surface area contributed by atoms with Gasteiger partial charge in [-0.15, -0.1) is 0 Å². The monoisotopic (exact) mass is 340 g/mol. The maximum atomic E-state index is 5.98. The Morgan fingerprint density at radius 1 is 1.00 bits per heavy atom. The molecular weight excluding hydrogens is 324 g/mol. The van der Waals surface area contributed by atoms with E-state index in [9.17, 15) is 0 Å². The van der Waals surface area contributed by atoms with Gasteiger partial charge in [0.2, 0.25) is 5.95 Å². The summed E-state index contributed by atoms with van der Waals surface area (Å²) in [5.74, 6) is 2.03. The third-order valence-electron chi connectivity index (χ3n) is 3.17. The van der Waals surface area contributed by atoms with E-state index < -0.39 is 0 Å². The number of benzene rings is 2. The lowest BCUT2D eigenvalue weighted by Gasteiger charge is -2.09. The molecule has 3 aromatic rings. The molecule has 0 saturated carbocycles. The van der Waals surface area contributed by atoms with Crippen LogP contribution in [0.15, 0.2) is 60.8 Å². The molecule has 0 bridgehead atoms. The quantitative estimate of drug-likeness (QED) is 0.660. The van der Waals surface area contributed by atoms with Crippen molar-refractivity contribution in [3.63, 3.8) is 0 Å². The van der Waals surface area contributed by atoms with Crippen molar-refractivity contribution >= 4 is 34.7 Å². The molecule has 24 heavy (non-hydrogen) atoms. The van der Waals surface area contributed by atoms with Crippen molar-refractivity contribution in [2.45, 2.75) is 6.92 Å². The van der Waals surface area contributed by atoms with Gasteiger partial charge in [-0.3, -0.25) is 0 Å². The molecule has 2 aromatic carbocycles. The van der Waals surface area contributed by atoms with Crippen molar-refractivity contribution in [2.24, 2.45) is 0 Å². The number of ether oxygens (including phenoxy) is 1. The first-order valence-electron chi connectivity index (χ1n) is 7.58. The van der Waals surface area contributed by atoms with E-state index in [4.69, 9.17) is 16.3 Å². The molecular formula is C18H17ClN4O. The van der Waals surface area contributed by atoms with Gasteiger partial charge in [0.25, 0.3) is 0 Å². The second-order valence-corrected chi connectivity index (χ2v) is 5.42. The standard InChI is InChI=1S/C18H17ClN4O/c1-2-24-16-8-6-14(7-9-16)21-17-10-11-20-18(23-17)22-15-5-3-4-13(19)12-15/h3-12H,2H2,1H3,(H2,20,21,22,23). The fourth-order valence-electron chi connectivity index (χ4n) is 2.13. The second kappa shape index (κ2) is 7.66. The van der Waals surface area contributed by atoms with Gasteiger partial charge in [0, 0.05) is 22.6 Å². The molecule has 0 fully saturated rings. The number of aromatic nitrogens is 2. The average molecular weight is 341 g/mol. The Hall–Kier alpha value is -2.79. The smallest absolute Gasteiger partial charge is 0.229 e. The Kier molecular flexibility index (Phi) is 5.13. The van der Waals surface area contributed by atoms with Crippen LogP contribution in [-0.4, -0.2) is 16.6 Å². The number of nitrogens with one attached hydrogen (secondary N) is 2. The highest BCUT2D eigenvalue weighted by Gasteiger charge is 2.02. The molecule has 2 N–H and O–H groups in total. The van der Waals surface area contributed by atoms with Gasteiger partial charge >= 0.3 is 0 Å². The number of halogens is 1. The zero-order chi connectivity index (χ0) is 16.8. The number of rotatable bonds is 6. The molecule has 6 heteroatoms. The highest BCUT2D eigenvalue weighted by molar-refractivity contribution is 6.30. The predicted molar refractivity (Wildman–Crippen MR) is 97.7 cm³/mol.